The largest absolute Gasteiger partial charge is 0.425 e. The predicted octanol–water partition coefficient (Wildman–Crippen LogP) is 2.79. The van der Waals surface area contributed by atoms with E-state index in [0.29, 0.717) is 6.04 Å². The summed E-state index contributed by atoms with van der Waals surface area (Å²) in [7, 11) is 0. The number of nitrogens with one attached hydrogen (secondary N) is 1. The van der Waals surface area contributed by atoms with Gasteiger partial charge in [-0.2, -0.15) is 0 Å². The molecule has 0 aliphatic heterocycles. The van der Waals surface area contributed by atoms with Crippen molar-refractivity contribution in [3.05, 3.63) is 47.7 Å². The van der Waals surface area contributed by atoms with E-state index in [4.69, 9.17) is 4.42 Å². The predicted molar refractivity (Wildman–Crippen MR) is 79.6 cm³/mol. The molecule has 4 heteroatoms. The van der Waals surface area contributed by atoms with Crippen LogP contribution in [-0.4, -0.2) is 22.8 Å². The molecule has 0 spiro atoms. The summed E-state index contributed by atoms with van der Waals surface area (Å²) >= 11 is 0. The van der Waals surface area contributed by atoms with E-state index in [0.717, 1.165) is 44.0 Å². The van der Waals surface area contributed by atoms with E-state index >= 15 is 0 Å². The van der Waals surface area contributed by atoms with Gasteiger partial charge < -0.3 is 9.73 Å². The zero-order valence-corrected chi connectivity index (χ0v) is 12.3. The van der Waals surface area contributed by atoms with Crippen LogP contribution >= 0.6 is 0 Å². The highest BCUT2D eigenvalue weighted by Crippen LogP contribution is 2.07. The van der Waals surface area contributed by atoms with Crippen molar-refractivity contribution >= 4 is 0 Å². The summed E-state index contributed by atoms with van der Waals surface area (Å²) in [4.78, 5) is 0. The highest BCUT2D eigenvalue weighted by Gasteiger charge is 2.06. The number of hydrogen-bond donors (Lipinski definition) is 1. The minimum absolute atomic E-state index is 0.527. The van der Waals surface area contributed by atoms with Crippen molar-refractivity contribution in [1.29, 1.82) is 0 Å². The average Bonchev–Trinajstić information content (AvgIpc) is 2.90. The first-order valence-electron chi connectivity index (χ1n) is 7.32. The first-order chi connectivity index (χ1) is 9.74. The van der Waals surface area contributed by atoms with Crippen LogP contribution in [0.1, 0.15) is 37.6 Å². The summed E-state index contributed by atoms with van der Waals surface area (Å²) in [6.45, 7) is 5.28. The molecule has 1 N–H and O–H groups in total. The van der Waals surface area contributed by atoms with Crippen molar-refractivity contribution in [2.45, 2.75) is 45.6 Å². The van der Waals surface area contributed by atoms with Gasteiger partial charge in [0, 0.05) is 18.9 Å². The molecule has 0 saturated carbocycles. The Morgan fingerprint density at radius 1 is 1.00 bits per heavy atom. The molecule has 0 radical (unpaired) electrons. The molecular weight excluding hydrogens is 250 g/mol. The van der Waals surface area contributed by atoms with Crippen LogP contribution < -0.4 is 5.32 Å². The lowest BCUT2D eigenvalue weighted by atomic mass is 10.1. The lowest BCUT2D eigenvalue weighted by Crippen LogP contribution is -2.23. The van der Waals surface area contributed by atoms with E-state index in [1.807, 2.05) is 6.07 Å². The van der Waals surface area contributed by atoms with Crippen LogP contribution in [0.25, 0.3) is 0 Å². The SMILES string of the molecule is CC(C)NCCCc1nnc(CCc2ccccc2)o1. The van der Waals surface area contributed by atoms with Gasteiger partial charge in [-0.05, 0) is 24.9 Å². The van der Waals surface area contributed by atoms with Gasteiger partial charge in [-0.3, -0.25) is 0 Å². The fraction of sp³-hybridized carbons (Fsp3) is 0.500. The second-order valence-corrected chi connectivity index (χ2v) is 5.29. The van der Waals surface area contributed by atoms with Crippen molar-refractivity contribution in [3.63, 3.8) is 0 Å². The summed E-state index contributed by atoms with van der Waals surface area (Å²) < 4.78 is 5.66. The second kappa shape index (κ2) is 7.80. The fourth-order valence-corrected chi connectivity index (χ4v) is 2.02. The van der Waals surface area contributed by atoms with Crippen molar-refractivity contribution in [1.82, 2.24) is 15.5 Å². The normalized spacial score (nSPS) is 11.2. The third-order valence-corrected chi connectivity index (χ3v) is 3.10. The quantitative estimate of drug-likeness (QED) is 0.751. The Balaban J connectivity index is 1.72. The summed E-state index contributed by atoms with van der Waals surface area (Å²) in [5.41, 5.74) is 1.30. The van der Waals surface area contributed by atoms with Gasteiger partial charge in [0.05, 0.1) is 0 Å². The molecule has 1 heterocycles. The number of rotatable bonds is 8. The monoisotopic (exact) mass is 273 g/mol. The first kappa shape index (κ1) is 14.7. The maximum atomic E-state index is 5.66. The van der Waals surface area contributed by atoms with Gasteiger partial charge in [-0.25, -0.2) is 0 Å². The maximum Gasteiger partial charge on any atom is 0.216 e. The van der Waals surface area contributed by atoms with Crippen LogP contribution in [0.5, 0.6) is 0 Å². The third-order valence-electron chi connectivity index (χ3n) is 3.10. The van der Waals surface area contributed by atoms with E-state index in [9.17, 15) is 0 Å². The van der Waals surface area contributed by atoms with Gasteiger partial charge in [0.2, 0.25) is 11.8 Å². The van der Waals surface area contributed by atoms with Crippen LogP contribution in [0.2, 0.25) is 0 Å². The standard InChI is InChI=1S/C16H23N3O/c1-13(2)17-12-6-9-15-18-19-16(20-15)11-10-14-7-4-3-5-8-14/h3-5,7-8,13,17H,6,9-12H2,1-2H3. The van der Waals surface area contributed by atoms with Gasteiger partial charge in [0.15, 0.2) is 0 Å². The molecule has 0 unspecified atom stereocenters. The van der Waals surface area contributed by atoms with Gasteiger partial charge >= 0.3 is 0 Å². The molecule has 0 aliphatic carbocycles. The van der Waals surface area contributed by atoms with E-state index in [2.05, 4.69) is 53.6 Å². The lowest BCUT2D eigenvalue weighted by molar-refractivity contribution is 0.438. The highest BCUT2D eigenvalue weighted by atomic mass is 16.4. The Morgan fingerprint density at radius 3 is 2.40 bits per heavy atom. The van der Waals surface area contributed by atoms with E-state index in [-0.39, 0.29) is 0 Å². The Labute approximate surface area is 120 Å². The summed E-state index contributed by atoms with van der Waals surface area (Å²) in [6, 6.07) is 10.9. The molecule has 1 aromatic heterocycles. The fourth-order valence-electron chi connectivity index (χ4n) is 2.02. The molecule has 2 aromatic rings. The smallest absolute Gasteiger partial charge is 0.216 e. The Bertz CT molecular complexity index is 493. The van der Waals surface area contributed by atoms with Crippen LogP contribution in [0.3, 0.4) is 0 Å². The molecule has 20 heavy (non-hydrogen) atoms. The minimum Gasteiger partial charge on any atom is -0.425 e. The zero-order valence-electron chi connectivity index (χ0n) is 12.3. The molecule has 0 aliphatic rings. The molecular formula is C16H23N3O. The highest BCUT2D eigenvalue weighted by molar-refractivity contribution is 5.15. The van der Waals surface area contributed by atoms with Crippen LogP contribution in [0.4, 0.5) is 0 Å². The Morgan fingerprint density at radius 2 is 1.70 bits per heavy atom. The lowest BCUT2D eigenvalue weighted by Gasteiger charge is -2.05. The minimum atomic E-state index is 0.527. The number of aromatic nitrogens is 2. The van der Waals surface area contributed by atoms with E-state index in [1.54, 1.807) is 0 Å². The van der Waals surface area contributed by atoms with Crippen molar-refractivity contribution in [2.24, 2.45) is 0 Å². The van der Waals surface area contributed by atoms with E-state index in [1.165, 1.54) is 5.56 Å². The maximum absolute atomic E-state index is 5.66. The summed E-state index contributed by atoms with van der Waals surface area (Å²) in [6.07, 6.45) is 3.62. The molecule has 108 valence electrons. The number of aryl methyl sites for hydroxylation is 3. The number of nitrogens with zero attached hydrogens (tertiary/aromatic N) is 2. The van der Waals surface area contributed by atoms with Gasteiger partial charge in [0.25, 0.3) is 0 Å². The number of hydrogen-bond acceptors (Lipinski definition) is 4. The molecule has 1 aromatic carbocycles. The zero-order chi connectivity index (χ0) is 14.2. The van der Waals surface area contributed by atoms with Crippen molar-refractivity contribution < 1.29 is 4.42 Å². The first-order valence-corrected chi connectivity index (χ1v) is 7.32. The van der Waals surface area contributed by atoms with Crippen LogP contribution in [-0.2, 0) is 19.3 Å². The number of benzene rings is 1. The second-order valence-electron chi connectivity index (χ2n) is 5.29. The third kappa shape index (κ3) is 5.13. The van der Waals surface area contributed by atoms with E-state index < -0.39 is 0 Å². The molecule has 0 atom stereocenters. The summed E-state index contributed by atoms with van der Waals surface area (Å²) in [5.74, 6) is 1.49. The van der Waals surface area contributed by atoms with Crippen LogP contribution in [0.15, 0.2) is 34.7 Å². The Hall–Kier alpha value is -1.68. The molecule has 0 saturated heterocycles. The van der Waals surface area contributed by atoms with Gasteiger partial charge in [0.1, 0.15) is 0 Å². The van der Waals surface area contributed by atoms with Crippen molar-refractivity contribution in [2.75, 3.05) is 6.54 Å². The van der Waals surface area contributed by atoms with Gasteiger partial charge in [-0.1, -0.05) is 44.2 Å². The molecule has 0 bridgehead atoms. The van der Waals surface area contributed by atoms with Gasteiger partial charge in [-0.15, -0.1) is 10.2 Å². The molecule has 2 rings (SSSR count). The van der Waals surface area contributed by atoms with Crippen LogP contribution in [0, 0.1) is 0 Å². The Kier molecular flexibility index (Phi) is 5.74. The molecule has 4 nitrogen and oxygen atoms in total. The molecule has 0 amide bonds. The van der Waals surface area contributed by atoms with Crippen molar-refractivity contribution in [3.8, 4) is 0 Å². The molecule has 0 fully saturated rings. The average molecular weight is 273 g/mol. The summed E-state index contributed by atoms with van der Waals surface area (Å²) in [5, 5.41) is 11.6. The topological polar surface area (TPSA) is 51.0 Å².